The molecule has 0 aromatic heterocycles. The highest BCUT2D eigenvalue weighted by Gasteiger charge is 2.20. The summed E-state index contributed by atoms with van der Waals surface area (Å²) in [6.45, 7) is 7.06. The maximum Gasteiger partial charge on any atom is 0.306 e. The largest absolute Gasteiger partial charge is 0.469 e. The van der Waals surface area contributed by atoms with Crippen LogP contribution in [0.25, 0.3) is 0 Å². The molecule has 0 radical (unpaired) electrons. The zero-order valence-corrected chi connectivity index (χ0v) is 9.51. The number of Topliss-reactive ketones (excluding diaryl/α,β-unsaturated/α-hetero) is 1. The Kier molecular flexibility index (Phi) is 4.54. The van der Waals surface area contributed by atoms with Gasteiger partial charge < -0.3 is 4.74 Å². The lowest BCUT2D eigenvalue weighted by Gasteiger charge is -2.19. The van der Waals surface area contributed by atoms with Crippen LogP contribution in [-0.2, 0) is 14.3 Å². The molecule has 0 fully saturated rings. The molecule has 14 heavy (non-hydrogen) atoms. The quantitative estimate of drug-likeness (QED) is 0.513. The zero-order valence-electron chi connectivity index (χ0n) is 9.51. The number of rotatable bonds is 4. The Bertz CT molecular complexity index is 262. The van der Waals surface area contributed by atoms with Crippen LogP contribution >= 0.6 is 0 Å². The summed E-state index contributed by atoms with van der Waals surface area (Å²) >= 11 is 0. The molecular formula is C11H18O3. The van der Waals surface area contributed by atoms with Gasteiger partial charge in [0.2, 0.25) is 0 Å². The van der Waals surface area contributed by atoms with Crippen LogP contribution in [0.15, 0.2) is 11.6 Å². The van der Waals surface area contributed by atoms with Crippen LogP contribution in [-0.4, -0.2) is 18.9 Å². The average Bonchev–Trinajstić information content (AvgIpc) is 2.02. The first-order valence-electron chi connectivity index (χ1n) is 4.56. The highest BCUT2D eigenvalue weighted by atomic mass is 16.5. The maximum atomic E-state index is 11.0. The fraction of sp³-hybridized carbons (Fsp3) is 0.636. The minimum Gasteiger partial charge on any atom is -0.469 e. The van der Waals surface area contributed by atoms with Gasteiger partial charge in [-0.2, -0.15) is 0 Å². The summed E-state index contributed by atoms with van der Waals surface area (Å²) in [6.07, 6.45) is 2.10. The van der Waals surface area contributed by atoms with Crippen LogP contribution in [0.5, 0.6) is 0 Å². The van der Waals surface area contributed by atoms with Crippen LogP contribution < -0.4 is 0 Å². The van der Waals surface area contributed by atoms with Gasteiger partial charge in [-0.1, -0.05) is 19.9 Å². The lowest BCUT2D eigenvalue weighted by atomic mass is 9.87. The summed E-state index contributed by atoms with van der Waals surface area (Å²) in [6, 6.07) is 0. The van der Waals surface area contributed by atoms with Crippen LogP contribution in [0.2, 0.25) is 0 Å². The molecule has 0 bridgehead atoms. The molecule has 0 atom stereocenters. The van der Waals surface area contributed by atoms with E-state index in [2.05, 4.69) is 4.74 Å². The fourth-order valence-electron chi connectivity index (χ4n) is 1.18. The van der Waals surface area contributed by atoms with E-state index < -0.39 is 0 Å². The van der Waals surface area contributed by atoms with E-state index in [1.165, 1.54) is 14.0 Å². The van der Waals surface area contributed by atoms with E-state index >= 15 is 0 Å². The smallest absolute Gasteiger partial charge is 0.306 e. The van der Waals surface area contributed by atoms with Crippen LogP contribution in [0.3, 0.4) is 0 Å². The standard InChI is InChI=1S/C11H18O3/c1-8(9(2)12)6-11(3,4)7-10(13)14-5/h6H,7H2,1-5H3/b8-6+. The van der Waals surface area contributed by atoms with Crippen molar-refractivity contribution < 1.29 is 14.3 Å². The van der Waals surface area contributed by atoms with Crippen molar-refractivity contribution in [3.05, 3.63) is 11.6 Å². The summed E-state index contributed by atoms with van der Waals surface area (Å²) < 4.78 is 4.57. The van der Waals surface area contributed by atoms with Gasteiger partial charge in [-0.05, 0) is 24.8 Å². The van der Waals surface area contributed by atoms with E-state index in [-0.39, 0.29) is 23.6 Å². The highest BCUT2D eigenvalue weighted by molar-refractivity contribution is 5.92. The Hall–Kier alpha value is -1.12. The lowest BCUT2D eigenvalue weighted by molar-refractivity contribution is -0.142. The van der Waals surface area contributed by atoms with Gasteiger partial charge in [0, 0.05) is 0 Å². The van der Waals surface area contributed by atoms with E-state index in [0.717, 1.165) is 0 Å². The number of carbonyl (C=O) groups is 2. The molecule has 0 aromatic carbocycles. The average molecular weight is 198 g/mol. The van der Waals surface area contributed by atoms with Gasteiger partial charge in [0.1, 0.15) is 0 Å². The number of hydrogen-bond donors (Lipinski definition) is 0. The summed E-state index contributed by atoms with van der Waals surface area (Å²) in [7, 11) is 1.36. The third-order valence-corrected chi connectivity index (χ3v) is 1.99. The Morgan fingerprint density at radius 2 is 1.79 bits per heavy atom. The van der Waals surface area contributed by atoms with Crippen molar-refractivity contribution in [2.24, 2.45) is 5.41 Å². The second kappa shape index (κ2) is 4.94. The molecule has 0 amide bonds. The molecular weight excluding hydrogens is 180 g/mol. The van der Waals surface area contributed by atoms with Crippen LogP contribution in [0.1, 0.15) is 34.1 Å². The normalized spacial score (nSPS) is 12.5. The summed E-state index contributed by atoms with van der Waals surface area (Å²) in [4.78, 5) is 22.0. The van der Waals surface area contributed by atoms with Crippen LogP contribution in [0, 0.1) is 5.41 Å². The molecule has 0 saturated heterocycles. The van der Waals surface area contributed by atoms with Crippen molar-refractivity contribution in [2.45, 2.75) is 34.1 Å². The fourth-order valence-corrected chi connectivity index (χ4v) is 1.18. The Morgan fingerprint density at radius 1 is 1.29 bits per heavy atom. The van der Waals surface area contributed by atoms with E-state index in [1.54, 1.807) is 6.92 Å². The Balaban J connectivity index is 4.55. The topological polar surface area (TPSA) is 43.4 Å². The van der Waals surface area contributed by atoms with Gasteiger partial charge in [0.15, 0.2) is 5.78 Å². The minimum absolute atomic E-state index is 0.0305. The molecule has 0 aliphatic rings. The highest BCUT2D eigenvalue weighted by Crippen LogP contribution is 2.24. The summed E-state index contributed by atoms with van der Waals surface area (Å²) in [5.41, 5.74) is 0.349. The predicted molar refractivity (Wildman–Crippen MR) is 54.9 cm³/mol. The number of ketones is 1. The Labute approximate surface area is 85.1 Å². The third-order valence-electron chi connectivity index (χ3n) is 1.99. The van der Waals surface area contributed by atoms with Crippen molar-refractivity contribution in [3.8, 4) is 0 Å². The van der Waals surface area contributed by atoms with Crippen molar-refractivity contribution in [3.63, 3.8) is 0 Å². The maximum absolute atomic E-state index is 11.0. The molecule has 80 valence electrons. The van der Waals surface area contributed by atoms with Crippen molar-refractivity contribution in [1.29, 1.82) is 0 Å². The molecule has 0 unspecified atom stereocenters. The molecule has 3 nitrogen and oxygen atoms in total. The molecule has 0 saturated carbocycles. The van der Waals surface area contributed by atoms with Crippen LogP contribution in [0.4, 0.5) is 0 Å². The second-order valence-electron chi connectivity index (χ2n) is 4.13. The third kappa shape index (κ3) is 4.80. The van der Waals surface area contributed by atoms with E-state index in [4.69, 9.17) is 0 Å². The van der Waals surface area contributed by atoms with Gasteiger partial charge >= 0.3 is 5.97 Å². The molecule has 0 aliphatic heterocycles. The summed E-state index contributed by atoms with van der Waals surface area (Å²) in [5, 5.41) is 0. The van der Waals surface area contributed by atoms with Gasteiger partial charge in [0.05, 0.1) is 13.5 Å². The first-order chi connectivity index (χ1) is 6.28. The van der Waals surface area contributed by atoms with E-state index in [9.17, 15) is 9.59 Å². The number of hydrogen-bond acceptors (Lipinski definition) is 3. The number of allylic oxidation sites excluding steroid dienone is 2. The lowest BCUT2D eigenvalue weighted by Crippen LogP contribution is -2.16. The first kappa shape index (κ1) is 12.9. The van der Waals surface area contributed by atoms with Crippen molar-refractivity contribution in [2.75, 3.05) is 7.11 Å². The summed E-state index contributed by atoms with van der Waals surface area (Å²) in [5.74, 6) is -0.231. The molecule has 0 aromatic rings. The number of ether oxygens (including phenoxy) is 1. The second-order valence-corrected chi connectivity index (χ2v) is 4.13. The van der Waals surface area contributed by atoms with Gasteiger partial charge in [-0.25, -0.2) is 0 Å². The number of esters is 1. The zero-order chi connectivity index (χ0) is 11.4. The van der Waals surface area contributed by atoms with E-state index in [0.29, 0.717) is 5.57 Å². The van der Waals surface area contributed by atoms with Crippen molar-refractivity contribution >= 4 is 11.8 Å². The number of methoxy groups -OCH3 is 1. The minimum atomic E-state index is -0.331. The predicted octanol–water partition coefficient (Wildman–Crippen LogP) is 2.11. The number of carbonyl (C=O) groups excluding carboxylic acids is 2. The molecule has 3 heteroatoms. The van der Waals surface area contributed by atoms with Gasteiger partial charge in [0.25, 0.3) is 0 Å². The molecule has 0 heterocycles. The van der Waals surface area contributed by atoms with E-state index in [1.807, 2.05) is 19.9 Å². The van der Waals surface area contributed by atoms with Gasteiger partial charge in [-0.3, -0.25) is 9.59 Å². The SMILES string of the molecule is COC(=O)CC(C)(C)/C=C(\C)C(C)=O. The van der Waals surface area contributed by atoms with Crippen molar-refractivity contribution in [1.82, 2.24) is 0 Å². The van der Waals surface area contributed by atoms with Gasteiger partial charge in [-0.15, -0.1) is 0 Å². The Morgan fingerprint density at radius 3 is 2.14 bits per heavy atom. The molecule has 0 spiro atoms. The molecule has 0 rings (SSSR count). The molecule has 0 N–H and O–H groups in total. The first-order valence-corrected chi connectivity index (χ1v) is 4.56. The molecule has 0 aliphatic carbocycles. The monoisotopic (exact) mass is 198 g/mol.